The Morgan fingerprint density at radius 2 is 2.42 bits per heavy atom. The summed E-state index contributed by atoms with van der Waals surface area (Å²) in [5, 5.41) is 10.5. The van der Waals surface area contributed by atoms with Gasteiger partial charge in [0.05, 0.1) is 5.69 Å². The van der Waals surface area contributed by atoms with Crippen molar-refractivity contribution in [2.45, 2.75) is 33.2 Å². The van der Waals surface area contributed by atoms with Gasteiger partial charge < -0.3 is 10.6 Å². The number of carbonyl (C=O) groups is 1. The van der Waals surface area contributed by atoms with Crippen LogP contribution in [0.25, 0.3) is 0 Å². The monoisotopic (exact) mass is 262 g/mol. The first kappa shape index (κ1) is 13.8. The third-order valence-corrected chi connectivity index (χ3v) is 3.32. The number of aryl methyl sites for hydroxylation is 2. The molecule has 2 heterocycles. The van der Waals surface area contributed by atoms with Crippen LogP contribution in [0.4, 0.5) is 0 Å². The topological polar surface area (TPSA) is 59.0 Å². The van der Waals surface area contributed by atoms with Crippen molar-refractivity contribution >= 4 is 5.91 Å². The SMILES string of the molecule is CCn1nc(C)cc1C(=O)NCCC1=CCNCC1. The number of nitrogens with zero attached hydrogens (tertiary/aromatic N) is 2. The van der Waals surface area contributed by atoms with E-state index in [4.69, 9.17) is 0 Å². The van der Waals surface area contributed by atoms with E-state index in [1.807, 2.05) is 19.9 Å². The Bertz CT molecular complexity index is 476. The molecule has 1 aliphatic heterocycles. The molecule has 5 heteroatoms. The van der Waals surface area contributed by atoms with Crippen LogP contribution in [0.3, 0.4) is 0 Å². The summed E-state index contributed by atoms with van der Waals surface area (Å²) in [5.41, 5.74) is 2.96. The highest BCUT2D eigenvalue weighted by Gasteiger charge is 2.12. The van der Waals surface area contributed by atoms with Crippen LogP contribution in [0.2, 0.25) is 0 Å². The number of carbonyl (C=O) groups excluding carboxylic acids is 1. The number of rotatable bonds is 5. The largest absolute Gasteiger partial charge is 0.350 e. The van der Waals surface area contributed by atoms with Crippen molar-refractivity contribution in [3.05, 3.63) is 29.1 Å². The molecular weight excluding hydrogens is 240 g/mol. The lowest BCUT2D eigenvalue weighted by atomic mass is 10.1. The summed E-state index contributed by atoms with van der Waals surface area (Å²) in [4.78, 5) is 12.1. The van der Waals surface area contributed by atoms with Crippen LogP contribution >= 0.6 is 0 Å². The highest BCUT2D eigenvalue weighted by molar-refractivity contribution is 5.92. The zero-order chi connectivity index (χ0) is 13.7. The predicted molar refractivity (Wildman–Crippen MR) is 75.2 cm³/mol. The second-order valence-corrected chi connectivity index (χ2v) is 4.81. The van der Waals surface area contributed by atoms with Gasteiger partial charge in [0.15, 0.2) is 0 Å². The van der Waals surface area contributed by atoms with E-state index in [2.05, 4.69) is 21.8 Å². The minimum Gasteiger partial charge on any atom is -0.350 e. The first-order chi connectivity index (χ1) is 9.20. The molecule has 0 spiro atoms. The molecule has 2 N–H and O–H groups in total. The minimum atomic E-state index is -0.0306. The van der Waals surface area contributed by atoms with Gasteiger partial charge in [0, 0.05) is 19.6 Å². The molecule has 2 rings (SSSR count). The molecule has 0 saturated carbocycles. The van der Waals surface area contributed by atoms with Gasteiger partial charge in [0.2, 0.25) is 0 Å². The third kappa shape index (κ3) is 3.67. The summed E-state index contributed by atoms with van der Waals surface area (Å²) < 4.78 is 1.74. The Balaban J connectivity index is 1.85. The molecule has 104 valence electrons. The molecule has 0 bridgehead atoms. The molecule has 0 fully saturated rings. The van der Waals surface area contributed by atoms with Crippen LogP contribution in [0.1, 0.15) is 35.9 Å². The van der Waals surface area contributed by atoms with Crippen molar-refractivity contribution in [1.29, 1.82) is 0 Å². The first-order valence-electron chi connectivity index (χ1n) is 6.92. The van der Waals surface area contributed by atoms with E-state index in [0.29, 0.717) is 18.8 Å². The number of nitrogens with one attached hydrogen (secondary N) is 2. The number of hydrogen-bond donors (Lipinski definition) is 2. The second kappa shape index (κ2) is 6.52. The zero-order valence-electron chi connectivity index (χ0n) is 11.7. The van der Waals surface area contributed by atoms with Crippen molar-refractivity contribution in [3.63, 3.8) is 0 Å². The van der Waals surface area contributed by atoms with Crippen molar-refractivity contribution < 1.29 is 4.79 Å². The van der Waals surface area contributed by atoms with Gasteiger partial charge in [-0.05, 0) is 39.3 Å². The van der Waals surface area contributed by atoms with Crippen LogP contribution in [-0.4, -0.2) is 35.3 Å². The summed E-state index contributed by atoms with van der Waals surface area (Å²) in [6.45, 7) is 7.30. The van der Waals surface area contributed by atoms with E-state index in [9.17, 15) is 4.79 Å². The summed E-state index contributed by atoms with van der Waals surface area (Å²) in [6, 6.07) is 1.84. The zero-order valence-corrected chi connectivity index (χ0v) is 11.7. The van der Waals surface area contributed by atoms with Crippen LogP contribution in [-0.2, 0) is 6.54 Å². The van der Waals surface area contributed by atoms with E-state index in [-0.39, 0.29) is 5.91 Å². The van der Waals surface area contributed by atoms with E-state index >= 15 is 0 Å². The van der Waals surface area contributed by atoms with Crippen molar-refractivity contribution in [2.75, 3.05) is 19.6 Å². The number of aromatic nitrogens is 2. The minimum absolute atomic E-state index is 0.0306. The quantitative estimate of drug-likeness (QED) is 0.785. The Morgan fingerprint density at radius 3 is 3.11 bits per heavy atom. The van der Waals surface area contributed by atoms with Gasteiger partial charge in [-0.2, -0.15) is 5.10 Å². The van der Waals surface area contributed by atoms with E-state index < -0.39 is 0 Å². The van der Waals surface area contributed by atoms with Gasteiger partial charge in [-0.15, -0.1) is 0 Å². The van der Waals surface area contributed by atoms with Crippen LogP contribution in [0.15, 0.2) is 17.7 Å². The molecule has 0 aromatic carbocycles. The van der Waals surface area contributed by atoms with Gasteiger partial charge in [0.25, 0.3) is 5.91 Å². The van der Waals surface area contributed by atoms with Crippen LogP contribution in [0, 0.1) is 6.92 Å². The fourth-order valence-electron chi connectivity index (χ4n) is 2.29. The van der Waals surface area contributed by atoms with Crippen LogP contribution in [0.5, 0.6) is 0 Å². The van der Waals surface area contributed by atoms with Crippen LogP contribution < -0.4 is 10.6 Å². The van der Waals surface area contributed by atoms with Gasteiger partial charge in [-0.1, -0.05) is 11.6 Å². The van der Waals surface area contributed by atoms with Gasteiger partial charge >= 0.3 is 0 Å². The third-order valence-electron chi connectivity index (χ3n) is 3.32. The Labute approximate surface area is 114 Å². The molecule has 1 aromatic rings. The smallest absolute Gasteiger partial charge is 0.269 e. The van der Waals surface area contributed by atoms with Gasteiger partial charge in [-0.25, -0.2) is 0 Å². The van der Waals surface area contributed by atoms with E-state index in [1.165, 1.54) is 5.57 Å². The Kier molecular flexibility index (Phi) is 4.74. The normalized spacial score (nSPS) is 15.2. The fraction of sp³-hybridized carbons (Fsp3) is 0.571. The second-order valence-electron chi connectivity index (χ2n) is 4.81. The highest BCUT2D eigenvalue weighted by Crippen LogP contribution is 2.08. The van der Waals surface area contributed by atoms with Gasteiger partial charge in [-0.3, -0.25) is 9.48 Å². The standard InChI is InChI=1S/C14H22N4O/c1-3-18-13(10-11(2)17-18)14(19)16-9-6-12-4-7-15-8-5-12/h4,10,15H,3,5-9H2,1-2H3,(H,16,19). The molecular formula is C14H22N4O. The van der Waals surface area contributed by atoms with Crippen molar-refractivity contribution in [1.82, 2.24) is 20.4 Å². The maximum Gasteiger partial charge on any atom is 0.269 e. The predicted octanol–water partition coefficient (Wildman–Crippen LogP) is 1.25. The molecule has 0 radical (unpaired) electrons. The lowest BCUT2D eigenvalue weighted by Gasteiger charge is -2.14. The maximum absolute atomic E-state index is 12.1. The molecule has 0 aliphatic carbocycles. The first-order valence-corrected chi connectivity index (χ1v) is 6.92. The lowest BCUT2D eigenvalue weighted by Crippen LogP contribution is -2.28. The van der Waals surface area contributed by atoms with Gasteiger partial charge in [0.1, 0.15) is 5.69 Å². The lowest BCUT2D eigenvalue weighted by molar-refractivity contribution is 0.0943. The van der Waals surface area contributed by atoms with Crippen molar-refractivity contribution in [3.8, 4) is 0 Å². The molecule has 0 saturated heterocycles. The molecule has 0 atom stereocenters. The molecule has 1 aliphatic rings. The van der Waals surface area contributed by atoms with Crippen molar-refractivity contribution in [2.24, 2.45) is 0 Å². The van der Waals surface area contributed by atoms with E-state index in [0.717, 1.165) is 31.6 Å². The Hall–Kier alpha value is -1.62. The average Bonchev–Trinajstić information content (AvgIpc) is 2.81. The molecule has 5 nitrogen and oxygen atoms in total. The van der Waals surface area contributed by atoms with E-state index in [1.54, 1.807) is 4.68 Å². The molecule has 19 heavy (non-hydrogen) atoms. The highest BCUT2D eigenvalue weighted by atomic mass is 16.2. The molecule has 1 aromatic heterocycles. The number of hydrogen-bond acceptors (Lipinski definition) is 3. The number of amides is 1. The summed E-state index contributed by atoms with van der Waals surface area (Å²) in [5.74, 6) is -0.0306. The fourth-order valence-corrected chi connectivity index (χ4v) is 2.29. The molecule has 1 amide bonds. The molecule has 0 unspecified atom stereocenters. The summed E-state index contributed by atoms with van der Waals surface area (Å²) in [7, 11) is 0. The summed E-state index contributed by atoms with van der Waals surface area (Å²) >= 11 is 0. The average molecular weight is 262 g/mol. The Morgan fingerprint density at radius 1 is 1.58 bits per heavy atom. The maximum atomic E-state index is 12.1. The summed E-state index contributed by atoms with van der Waals surface area (Å²) in [6.07, 6.45) is 4.24.